The van der Waals surface area contributed by atoms with Crippen LogP contribution in [0, 0.1) is 6.92 Å². The maximum atomic E-state index is 12.5. The van der Waals surface area contributed by atoms with Gasteiger partial charge >= 0.3 is 0 Å². The highest BCUT2D eigenvalue weighted by Crippen LogP contribution is 2.19. The van der Waals surface area contributed by atoms with Crippen LogP contribution in [0.15, 0.2) is 48.5 Å². The normalized spacial score (nSPS) is 10.9. The second-order valence-corrected chi connectivity index (χ2v) is 6.67. The van der Waals surface area contributed by atoms with Crippen LogP contribution in [-0.2, 0) is 17.8 Å². The van der Waals surface area contributed by atoms with Gasteiger partial charge in [-0.15, -0.1) is 0 Å². The third kappa shape index (κ3) is 4.30. The smallest absolute Gasteiger partial charge is 0.240 e. The number of imidazole rings is 1. The highest BCUT2D eigenvalue weighted by atomic mass is 16.1. The molecule has 5 heteroatoms. The first-order valence-corrected chi connectivity index (χ1v) is 9.65. The summed E-state index contributed by atoms with van der Waals surface area (Å²) < 4.78 is 2.02. The van der Waals surface area contributed by atoms with Crippen molar-refractivity contribution in [2.45, 2.75) is 33.7 Å². The van der Waals surface area contributed by atoms with Gasteiger partial charge in [0.2, 0.25) is 5.91 Å². The molecule has 0 fully saturated rings. The van der Waals surface area contributed by atoms with Crippen molar-refractivity contribution in [1.82, 2.24) is 14.9 Å². The van der Waals surface area contributed by atoms with E-state index in [0.29, 0.717) is 13.1 Å². The van der Waals surface area contributed by atoms with E-state index >= 15 is 0 Å². The first-order valence-electron chi connectivity index (χ1n) is 9.65. The number of aromatic nitrogens is 2. The first kappa shape index (κ1) is 19.0. The average Bonchev–Trinajstić information content (AvgIpc) is 3.04. The van der Waals surface area contributed by atoms with Crippen molar-refractivity contribution in [3.05, 3.63) is 59.9 Å². The van der Waals surface area contributed by atoms with Crippen molar-refractivity contribution in [2.75, 3.05) is 24.5 Å². The second kappa shape index (κ2) is 8.71. The summed E-state index contributed by atoms with van der Waals surface area (Å²) in [4.78, 5) is 19.4. The van der Waals surface area contributed by atoms with Crippen molar-refractivity contribution in [1.29, 1.82) is 0 Å². The molecule has 0 aliphatic carbocycles. The number of carbonyl (C=O) groups excluding carboxylic acids is 1. The lowest BCUT2D eigenvalue weighted by Crippen LogP contribution is -2.36. The minimum atomic E-state index is 0.0219. The molecule has 27 heavy (non-hydrogen) atoms. The van der Waals surface area contributed by atoms with Crippen LogP contribution < -0.4 is 10.2 Å². The van der Waals surface area contributed by atoms with Gasteiger partial charge in [0.15, 0.2) is 0 Å². The van der Waals surface area contributed by atoms with Gasteiger partial charge in [0.25, 0.3) is 0 Å². The van der Waals surface area contributed by atoms with Crippen LogP contribution in [0.3, 0.4) is 0 Å². The monoisotopic (exact) mass is 364 g/mol. The van der Waals surface area contributed by atoms with E-state index < -0.39 is 0 Å². The minimum Gasteiger partial charge on any atom is -0.370 e. The van der Waals surface area contributed by atoms with Crippen LogP contribution in [0.25, 0.3) is 11.0 Å². The van der Waals surface area contributed by atoms with E-state index in [-0.39, 0.29) is 5.91 Å². The molecule has 0 saturated carbocycles. The number of rotatable bonds is 8. The van der Waals surface area contributed by atoms with Gasteiger partial charge in [0.1, 0.15) is 12.4 Å². The number of nitrogens with one attached hydrogen (secondary N) is 1. The number of amides is 1. The maximum Gasteiger partial charge on any atom is 0.240 e. The molecular weight excluding hydrogens is 336 g/mol. The number of carbonyl (C=O) groups is 1. The zero-order valence-electron chi connectivity index (χ0n) is 16.4. The molecular formula is C22H28N4O. The molecule has 3 rings (SSSR count). The van der Waals surface area contributed by atoms with Crippen molar-refractivity contribution in [3.8, 4) is 0 Å². The fourth-order valence-corrected chi connectivity index (χ4v) is 3.47. The molecule has 1 amide bonds. The molecule has 0 bridgehead atoms. The Morgan fingerprint density at radius 1 is 1.11 bits per heavy atom. The quantitative estimate of drug-likeness (QED) is 0.665. The molecule has 1 aromatic heterocycles. The molecule has 0 spiro atoms. The summed E-state index contributed by atoms with van der Waals surface area (Å²) >= 11 is 0. The molecule has 5 nitrogen and oxygen atoms in total. The Hall–Kier alpha value is -2.82. The lowest BCUT2D eigenvalue weighted by molar-refractivity contribution is -0.121. The van der Waals surface area contributed by atoms with Gasteiger partial charge in [-0.2, -0.15) is 0 Å². The van der Waals surface area contributed by atoms with Crippen LogP contribution in [0.1, 0.15) is 25.2 Å². The van der Waals surface area contributed by atoms with Gasteiger partial charge in [-0.1, -0.05) is 37.3 Å². The zero-order chi connectivity index (χ0) is 19.2. The Morgan fingerprint density at radius 2 is 1.85 bits per heavy atom. The van der Waals surface area contributed by atoms with Crippen molar-refractivity contribution in [3.63, 3.8) is 0 Å². The summed E-state index contributed by atoms with van der Waals surface area (Å²) in [7, 11) is 0. The van der Waals surface area contributed by atoms with E-state index in [0.717, 1.165) is 36.4 Å². The number of aryl methyl sites for hydroxylation is 2. The topological polar surface area (TPSA) is 50.2 Å². The van der Waals surface area contributed by atoms with Crippen LogP contribution in [0.5, 0.6) is 0 Å². The lowest BCUT2D eigenvalue weighted by atomic mass is 10.2. The van der Waals surface area contributed by atoms with Gasteiger partial charge in [-0.3, -0.25) is 4.79 Å². The predicted molar refractivity (Wildman–Crippen MR) is 111 cm³/mol. The molecule has 0 saturated heterocycles. The first-order chi connectivity index (χ1) is 13.1. The summed E-state index contributed by atoms with van der Waals surface area (Å²) in [6, 6.07) is 16.3. The lowest BCUT2D eigenvalue weighted by Gasteiger charge is -2.25. The van der Waals surface area contributed by atoms with Gasteiger partial charge in [-0.05, 0) is 37.6 Å². The number of fused-ring (bicyclic) bond motifs is 1. The Labute approximate surface area is 161 Å². The number of para-hydroxylation sites is 3. The number of benzene rings is 2. The third-order valence-corrected chi connectivity index (χ3v) is 4.89. The van der Waals surface area contributed by atoms with Crippen molar-refractivity contribution in [2.24, 2.45) is 0 Å². The number of nitrogens with zero attached hydrogens (tertiary/aromatic N) is 3. The summed E-state index contributed by atoms with van der Waals surface area (Å²) in [5, 5.41) is 3.06. The number of hydrogen-bond donors (Lipinski definition) is 1. The molecule has 142 valence electrons. The number of anilines is 1. The van der Waals surface area contributed by atoms with Crippen LogP contribution in [0.4, 0.5) is 5.69 Å². The zero-order valence-corrected chi connectivity index (χ0v) is 16.4. The molecule has 0 aliphatic rings. The summed E-state index contributed by atoms with van der Waals surface area (Å²) in [5.74, 6) is 0.968. The predicted octanol–water partition coefficient (Wildman–Crippen LogP) is 3.55. The average molecular weight is 364 g/mol. The Bertz CT molecular complexity index is 916. The summed E-state index contributed by atoms with van der Waals surface area (Å²) in [6.07, 6.45) is 0.804. The number of hydrogen-bond acceptors (Lipinski definition) is 3. The second-order valence-electron chi connectivity index (χ2n) is 6.67. The maximum absolute atomic E-state index is 12.5. The molecule has 0 unspecified atom stereocenters. The summed E-state index contributed by atoms with van der Waals surface area (Å²) in [6.45, 7) is 8.95. The van der Waals surface area contributed by atoms with Crippen molar-refractivity contribution < 1.29 is 4.79 Å². The largest absolute Gasteiger partial charge is 0.370 e. The van der Waals surface area contributed by atoms with E-state index in [1.807, 2.05) is 28.8 Å². The molecule has 1 heterocycles. The standard InChI is InChI=1S/C22H28N4O/c1-4-21-24-18-11-7-9-13-20(18)26(21)16-22(27)23-14-15-25(5-2)19-12-8-6-10-17(19)3/h6-13H,4-5,14-16H2,1-3H3,(H,23,27). The van der Waals surface area contributed by atoms with E-state index in [1.165, 1.54) is 11.3 Å². The van der Waals surface area contributed by atoms with Gasteiger partial charge < -0.3 is 14.8 Å². The Balaban J connectivity index is 1.61. The molecule has 0 atom stereocenters. The fourth-order valence-electron chi connectivity index (χ4n) is 3.47. The van der Waals surface area contributed by atoms with Gasteiger partial charge in [0, 0.05) is 31.7 Å². The van der Waals surface area contributed by atoms with Crippen LogP contribution in [0.2, 0.25) is 0 Å². The SMILES string of the molecule is CCc1nc2ccccc2n1CC(=O)NCCN(CC)c1ccccc1C. The van der Waals surface area contributed by atoms with E-state index in [4.69, 9.17) is 0 Å². The highest BCUT2D eigenvalue weighted by Gasteiger charge is 2.13. The molecule has 0 aliphatic heterocycles. The van der Waals surface area contributed by atoms with Gasteiger partial charge in [0.05, 0.1) is 11.0 Å². The Morgan fingerprint density at radius 3 is 2.59 bits per heavy atom. The Kier molecular flexibility index (Phi) is 6.12. The molecule has 1 N–H and O–H groups in total. The van der Waals surface area contributed by atoms with Crippen LogP contribution in [-0.4, -0.2) is 35.1 Å². The molecule has 0 radical (unpaired) electrons. The van der Waals surface area contributed by atoms with Gasteiger partial charge in [-0.25, -0.2) is 4.98 Å². The van der Waals surface area contributed by atoms with E-state index in [1.54, 1.807) is 0 Å². The van der Waals surface area contributed by atoms with Crippen LogP contribution >= 0.6 is 0 Å². The highest BCUT2D eigenvalue weighted by molar-refractivity contribution is 5.81. The number of likely N-dealkylation sites (N-methyl/N-ethyl adjacent to an activating group) is 1. The van der Waals surface area contributed by atoms with Crippen molar-refractivity contribution >= 4 is 22.6 Å². The minimum absolute atomic E-state index is 0.0219. The fraction of sp³-hybridized carbons (Fsp3) is 0.364. The van der Waals surface area contributed by atoms with E-state index in [9.17, 15) is 4.79 Å². The third-order valence-electron chi connectivity index (χ3n) is 4.89. The molecule has 3 aromatic rings. The van der Waals surface area contributed by atoms with E-state index in [2.05, 4.69) is 60.2 Å². The molecule has 2 aromatic carbocycles. The summed E-state index contributed by atoms with van der Waals surface area (Å²) in [5.41, 5.74) is 4.43.